The van der Waals surface area contributed by atoms with Crippen molar-refractivity contribution < 1.29 is 35.9 Å². The first-order valence-electron chi connectivity index (χ1n) is 13.1. The number of carbonyl (C=O) groups excluding carboxylic acids is 1. The van der Waals surface area contributed by atoms with Crippen molar-refractivity contribution in [2.75, 3.05) is 26.8 Å². The van der Waals surface area contributed by atoms with Crippen LogP contribution in [0.4, 0.5) is 26.3 Å². The van der Waals surface area contributed by atoms with Crippen molar-refractivity contribution in [1.29, 1.82) is 0 Å². The van der Waals surface area contributed by atoms with Crippen LogP contribution in [0.15, 0.2) is 47.3 Å². The van der Waals surface area contributed by atoms with E-state index in [0.29, 0.717) is 42.4 Å². The monoisotopic (exact) mass is 586 g/mol. The van der Waals surface area contributed by atoms with Crippen LogP contribution in [0.1, 0.15) is 66.0 Å². The molecule has 224 valence electrons. The molecule has 3 rings (SSSR count). The summed E-state index contributed by atoms with van der Waals surface area (Å²) < 4.78 is 87.7. The highest BCUT2D eigenvalue weighted by Gasteiger charge is 2.38. The normalized spacial score (nSPS) is 13.0. The van der Waals surface area contributed by atoms with Crippen LogP contribution < -0.4 is 11.3 Å². The lowest BCUT2D eigenvalue weighted by molar-refractivity contribution is -0.143. The Bertz CT molecular complexity index is 1370. The van der Waals surface area contributed by atoms with E-state index in [1.807, 2.05) is 0 Å². The molecular formula is C28H32F6N4O3. The average Bonchev–Trinajstić information content (AvgIpc) is 2.92. The number of halogens is 6. The van der Waals surface area contributed by atoms with Gasteiger partial charge in [-0.2, -0.15) is 26.3 Å². The SMILES string of the molecule is COCCn1c(C(C)N(CCCCCCN)C(=O)c2cc(C(F)(F)F)cc(C(F)(F)F)c2)nc2ccccc2c1=O. The van der Waals surface area contributed by atoms with Crippen LogP contribution in [-0.4, -0.2) is 47.2 Å². The molecule has 1 aromatic heterocycles. The molecule has 1 unspecified atom stereocenters. The van der Waals surface area contributed by atoms with E-state index in [1.54, 1.807) is 24.3 Å². The Morgan fingerprint density at radius 3 is 2.20 bits per heavy atom. The van der Waals surface area contributed by atoms with E-state index < -0.39 is 46.6 Å². The van der Waals surface area contributed by atoms with Gasteiger partial charge in [-0.25, -0.2) is 4.98 Å². The molecule has 7 nitrogen and oxygen atoms in total. The summed E-state index contributed by atoms with van der Waals surface area (Å²) in [4.78, 5) is 32.9. The van der Waals surface area contributed by atoms with Gasteiger partial charge in [-0.05, 0) is 56.6 Å². The predicted octanol–water partition coefficient (Wildman–Crippen LogP) is 5.80. The summed E-state index contributed by atoms with van der Waals surface area (Å²) >= 11 is 0. The van der Waals surface area contributed by atoms with Gasteiger partial charge >= 0.3 is 12.4 Å². The molecule has 1 atom stereocenters. The van der Waals surface area contributed by atoms with E-state index in [2.05, 4.69) is 4.98 Å². The van der Waals surface area contributed by atoms with Crippen LogP contribution in [-0.2, 0) is 23.6 Å². The van der Waals surface area contributed by atoms with Crippen molar-refractivity contribution in [1.82, 2.24) is 14.5 Å². The van der Waals surface area contributed by atoms with Gasteiger partial charge in [-0.15, -0.1) is 0 Å². The Morgan fingerprint density at radius 2 is 1.61 bits per heavy atom. The number of para-hydroxylation sites is 1. The van der Waals surface area contributed by atoms with Crippen LogP contribution in [0.5, 0.6) is 0 Å². The van der Waals surface area contributed by atoms with Crippen molar-refractivity contribution in [3.05, 3.63) is 75.3 Å². The maximum absolute atomic E-state index is 13.7. The van der Waals surface area contributed by atoms with Crippen molar-refractivity contribution >= 4 is 16.8 Å². The minimum absolute atomic E-state index is 0.00482. The van der Waals surface area contributed by atoms with Gasteiger partial charge in [0.15, 0.2) is 0 Å². The van der Waals surface area contributed by atoms with Crippen molar-refractivity contribution in [3.63, 3.8) is 0 Å². The molecule has 0 radical (unpaired) electrons. The van der Waals surface area contributed by atoms with Gasteiger partial charge in [0.05, 0.1) is 41.2 Å². The highest BCUT2D eigenvalue weighted by Crippen LogP contribution is 2.37. The Hall–Kier alpha value is -3.45. The first kappa shape index (κ1) is 32.1. The molecule has 0 bridgehead atoms. The molecule has 13 heteroatoms. The molecule has 0 aliphatic heterocycles. The standard InChI is InChI=1S/C28H32F6N4O3/c1-18(24-36-23-10-6-5-9-22(23)26(40)38(24)13-14-41-2)37(12-8-4-3-7-11-35)25(39)19-15-20(27(29,30)31)17-21(16-19)28(32,33)34/h5-6,9-10,15-18H,3-4,7-8,11-14,35H2,1-2H3. The first-order valence-corrected chi connectivity index (χ1v) is 13.1. The molecule has 0 aliphatic carbocycles. The van der Waals surface area contributed by atoms with Crippen molar-refractivity contribution in [2.24, 2.45) is 5.73 Å². The lowest BCUT2D eigenvalue weighted by Crippen LogP contribution is -2.39. The van der Waals surface area contributed by atoms with Crippen LogP contribution in [0.3, 0.4) is 0 Å². The van der Waals surface area contributed by atoms with Crippen molar-refractivity contribution in [3.8, 4) is 0 Å². The van der Waals surface area contributed by atoms with Crippen LogP contribution >= 0.6 is 0 Å². The third-order valence-electron chi connectivity index (χ3n) is 6.70. The van der Waals surface area contributed by atoms with Gasteiger partial charge in [0.2, 0.25) is 0 Å². The summed E-state index contributed by atoms with van der Waals surface area (Å²) in [5, 5.41) is 0.312. The predicted molar refractivity (Wildman–Crippen MR) is 141 cm³/mol. The number of hydrogen-bond acceptors (Lipinski definition) is 5. The fraction of sp³-hybridized carbons (Fsp3) is 0.464. The number of hydrogen-bond donors (Lipinski definition) is 1. The number of nitrogens with zero attached hydrogens (tertiary/aromatic N) is 3. The second kappa shape index (κ2) is 13.5. The second-order valence-corrected chi connectivity index (χ2v) is 9.61. The number of amides is 1. The highest BCUT2D eigenvalue weighted by molar-refractivity contribution is 5.95. The zero-order chi connectivity index (χ0) is 30.4. The van der Waals surface area contributed by atoms with E-state index in [-0.39, 0.29) is 31.6 Å². The largest absolute Gasteiger partial charge is 0.416 e. The van der Waals surface area contributed by atoms with Gasteiger partial charge in [0.1, 0.15) is 5.82 Å². The number of fused-ring (bicyclic) bond motifs is 1. The Morgan fingerprint density at radius 1 is 1.00 bits per heavy atom. The second-order valence-electron chi connectivity index (χ2n) is 9.61. The van der Waals surface area contributed by atoms with Gasteiger partial charge in [-0.1, -0.05) is 25.0 Å². The Balaban J connectivity index is 2.15. The lowest BCUT2D eigenvalue weighted by atomic mass is 10.0. The first-order chi connectivity index (χ1) is 19.3. The third-order valence-corrected chi connectivity index (χ3v) is 6.70. The zero-order valence-corrected chi connectivity index (χ0v) is 22.7. The van der Waals surface area contributed by atoms with Crippen LogP contribution in [0.25, 0.3) is 10.9 Å². The van der Waals surface area contributed by atoms with E-state index in [1.165, 1.54) is 18.6 Å². The number of alkyl halides is 6. The topological polar surface area (TPSA) is 90.4 Å². The number of benzene rings is 2. The fourth-order valence-electron chi connectivity index (χ4n) is 4.54. The number of carbonyl (C=O) groups is 1. The van der Waals surface area contributed by atoms with E-state index in [0.717, 1.165) is 17.7 Å². The third kappa shape index (κ3) is 7.85. The Labute approximate surface area is 232 Å². The van der Waals surface area contributed by atoms with E-state index in [4.69, 9.17) is 10.5 Å². The number of nitrogens with two attached hydrogens (primary N) is 1. The number of methoxy groups -OCH3 is 1. The minimum atomic E-state index is -5.12. The maximum atomic E-state index is 13.7. The molecule has 0 aliphatic rings. The Kier molecular flexibility index (Phi) is 10.5. The van der Waals surface area contributed by atoms with E-state index in [9.17, 15) is 35.9 Å². The molecule has 1 amide bonds. The fourth-order valence-corrected chi connectivity index (χ4v) is 4.54. The molecule has 41 heavy (non-hydrogen) atoms. The summed E-state index contributed by atoms with van der Waals surface area (Å²) in [6, 6.07) is 6.34. The van der Waals surface area contributed by atoms with Gasteiger partial charge < -0.3 is 15.4 Å². The molecule has 0 saturated heterocycles. The molecule has 2 aromatic carbocycles. The summed E-state index contributed by atoms with van der Waals surface area (Å²) in [6.45, 7) is 2.17. The number of ether oxygens (including phenoxy) is 1. The summed E-state index contributed by atoms with van der Waals surface area (Å²) in [6.07, 6.45) is -7.77. The van der Waals surface area contributed by atoms with E-state index >= 15 is 0 Å². The molecule has 3 aromatic rings. The zero-order valence-electron chi connectivity index (χ0n) is 22.7. The molecule has 1 heterocycles. The van der Waals surface area contributed by atoms with Crippen LogP contribution in [0, 0.1) is 0 Å². The molecule has 0 saturated carbocycles. The molecule has 0 fully saturated rings. The van der Waals surface area contributed by atoms with Gasteiger partial charge in [-0.3, -0.25) is 14.2 Å². The van der Waals surface area contributed by atoms with Crippen molar-refractivity contribution in [2.45, 2.75) is 57.5 Å². The number of unbranched alkanes of at least 4 members (excludes halogenated alkanes) is 3. The minimum Gasteiger partial charge on any atom is -0.383 e. The highest BCUT2D eigenvalue weighted by atomic mass is 19.4. The summed E-state index contributed by atoms with van der Waals surface area (Å²) in [7, 11) is 1.44. The smallest absolute Gasteiger partial charge is 0.383 e. The van der Waals surface area contributed by atoms with Gasteiger partial charge in [0, 0.05) is 19.2 Å². The number of aromatic nitrogens is 2. The molecular weight excluding hydrogens is 554 g/mol. The quantitative estimate of drug-likeness (QED) is 0.214. The average molecular weight is 587 g/mol. The summed E-state index contributed by atoms with van der Waals surface area (Å²) in [5.74, 6) is -0.919. The maximum Gasteiger partial charge on any atom is 0.416 e. The summed E-state index contributed by atoms with van der Waals surface area (Å²) in [5.41, 5.74) is 1.50. The molecule has 2 N–H and O–H groups in total. The lowest BCUT2D eigenvalue weighted by Gasteiger charge is -2.31. The van der Waals surface area contributed by atoms with Gasteiger partial charge in [0.25, 0.3) is 11.5 Å². The molecule has 0 spiro atoms. The van der Waals surface area contributed by atoms with Crippen LogP contribution in [0.2, 0.25) is 0 Å². The number of rotatable bonds is 12.